The summed E-state index contributed by atoms with van der Waals surface area (Å²) in [6.45, 7) is 1.63. The van der Waals surface area contributed by atoms with E-state index in [0.717, 1.165) is 16.9 Å². The van der Waals surface area contributed by atoms with Crippen LogP contribution in [0.3, 0.4) is 0 Å². The van der Waals surface area contributed by atoms with Crippen molar-refractivity contribution in [3.8, 4) is 5.75 Å². The Morgan fingerprint density at radius 1 is 0.944 bits per heavy atom. The van der Waals surface area contributed by atoms with Crippen LogP contribution in [0.5, 0.6) is 5.75 Å². The van der Waals surface area contributed by atoms with Crippen LogP contribution in [0.25, 0.3) is 0 Å². The minimum Gasteiger partial charge on any atom is -0.497 e. The molecule has 0 saturated carbocycles. The van der Waals surface area contributed by atoms with Crippen molar-refractivity contribution < 1.29 is 9.53 Å². The smallest absolute Gasteiger partial charge is 0.141 e. The van der Waals surface area contributed by atoms with Gasteiger partial charge in [-0.2, -0.15) is 0 Å². The van der Waals surface area contributed by atoms with Gasteiger partial charge in [-0.1, -0.05) is 42.5 Å². The predicted molar refractivity (Wildman–Crippen MR) is 72.0 cm³/mol. The first-order chi connectivity index (χ1) is 8.72. The normalized spacial score (nSPS) is 11.9. The van der Waals surface area contributed by atoms with Crippen LogP contribution in [0.4, 0.5) is 0 Å². The molecule has 0 aliphatic carbocycles. The Morgan fingerprint density at radius 2 is 1.50 bits per heavy atom. The van der Waals surface area contributed by atoms with Gasteiger partial charge in [0.2, 0.25) is 0 Å². The van der Waals surface area contributed by atoms with E-state index in [1.54, 1.807) is 14.0 Å². The summed E-state index contributed by atoms with van der Waals surface area (Å²) in [5.41, 5.74) is 2.02. The fraction of sp³-hybridized carbons (Fsp3) is 0.188. The van der Waals surface area contributed by atoms with Crippen molar-refractivity contribution in [1.82, 2.24) is 0 Å². The molecule has 18 heavy (non-hydrogen) atoms. The molecule has 1 atom stereocenters. The van der Waals surface area contributed by atoms with Gasteiger partial charge in [0.25, 0.3) is 0 Å². The van der Waals surface area contributed by atoms with E-state index in [2.05, 4.69) is 0 Å². The molecule has 0 amide bonds. The third kappa shape index (κ3) is 2.59. The highest BCUT2D eigenvalue weighted by Gasteiger charge is 2.18. The second kappa shape index (κ2) is 5.50. The molecule has 0 unspecified atom stereocenters. The zero-order valence-electron chi connectivity index (χ0n) is 10.6. The largest absolute Gasteiger partial charge is 0.497 e. The lowest BCUT2D eigenvalue weighted by Gasteiger charge is -2.15. The van der Waals surface area contributed by atoms with Gasteiger partial charge in [0, 0.05) is 0 Å². The molecule has 2 heteroatoms. The molecule has 0 aliphatic rings. The summed E-state index contributed by atoms with van der Waals surface area (Å²) in [5.74, 6) is 0.748. The Balaban J connectivity index is 2.39. The molecule has 0 bridgehead atoms. The van der Waals surface area contributed by atoms with Crippen molar-refractivity contribution in [2.75, 3.05) is 7.11 Å². The van der Waals surface area contributed by atoms with Crippen LogP contribution in [0.2, 0.25) is 0 Å². The number of ketones is 1. The highest BCUT2D eigenvalue weighted by Crippen LogP contribution is 2.26. The Labute approximate surface area is 107 Å². The van der Waals surface area contributed by atoms with Gasteiger partial charge in [-0.25, -0.2) is 0 Å². The van der Waals surface area contributed by atoms with Crippen molar-refractivity contribution >= 4 is 5.78 Å². The Hall–Kier alpha value is -2.09. The van der Waals surface area contributed by atoms with Crippen LogP contribution in [-0.2, 0) is 4.79 Å². The molecule has 2 aromatic carbocycles. The third-order valence-electron chi connectivity index (χ3n) is 2.99. The average Bonchev–Trinajstić information content (AvgIpc) is 2.40. The number of carbonyl (C=O) groups excluding carboxylic acids is 1. The lowest BCUT2D eigenvalue weighted by atomic mass is 9.88. The number of ether oxygens (including phenoxy) is 1. The minimum atomic E-state index is -0.197. The first-order valence-electron chi connectivity index (χ1n) is 5.91. The minimum absolute atomic E-state index is 0.145. The van der Waals surface area contributed by atoms with Crippen molar-refractivity contribution in [1.29, 1.82) is 0 Å². The molecule has 0 aliphatic heterocycles. The third-order valence-corrected chi connectivity index (χ3v) is 2.99. The molecule has 2 rings (SSSR count). The first kappa shape index (κ1) is 12.4. The maximum atomic E-state index is 11.9. The number of carbonyl (C=O) groups is 1. The number of rotatable bonds is 4. The summed E-state index contributed by atoms with van der Waals surface area (Å²) in [6, 6.07) is 17.5. The van der Waals surface area contributed by atoms with E-state index in [9.17, 15) is 4.79 Å². The fourth-order valence-corrected chi connectivity index (χ4v) is 2.10. The molecule has 92 valence electrons. The summed E-state index contributed by atoms with van der Waals surface area (Å²) in [4.78, 5) is 11.9. The van der Waals surface area contributed by atoms with Crippen molar-refractivity contribution in [3.63, 3.8) is 0 Å². The average molecular weight is 240 g/mol. The van der Waals surface area contributed by atoms with Gasteiger partial charge in [-0.05, 0) is 30.2 Å². The molecule has 0 spiro atoms. The van der Waals surface area contributed by atoms with Crippen molar-refractivity contribution in [2.24, 2.45) is 0 Å². The van der Waals surface area contributed by atoms with Gasteiger partial charge >= 0.3 is 0 Å². The van der Waals surface area contributed by atoms with Crippen LogP contribution in [0, 0.1) is 0 Å². The first-order valence-corrected chi connectivity index (χ1v) is 5.91. The van der Waals surface area contributed by atoms with Gasteiger partial charge in [0.05, 0.1) is 13.0 Å². The Morgan fingerprint density at radius 3 is 2.00 bits per heavy atom. The highest BCUT2D eigenvalue weighted by atomic mass is 16.5. The molecule has 0 N–H and O–H groups in total. The second-order valence-corrected chi connectivity index (χ2v) is 4.23. The van der Waals surface area contributed by atoms with E-state index in [1.807, 2.05) is 54.6 Å². The molecular weight excluding hydrogens is 224 g/mol. The summed E-state index contributed by atoms with van der Waals surface area (Å²) in [7, 11) is 1.63. The standard InChI is InChI=1S/C16H16O2/c1-12(17)16(13-6-4-3-5-7-13)14-8-10-15(18-2)11-9-14/h3-11,16H,1-2H3/t16-/m0/s1. The molecule has 2 nitrogen and oxygen atoms in total. The van der Waals surface area contributed by atoms with Crippen molar-refractivity contribution in [2.45, 2.75) is 12.8 Å². The SMILES string of the molecule is COc1ccc([C@@H](C(C)=O)c2ccccc2)cc1. The zero-order valence-corrected chi connectivity index (χ0v) is 10.6. The van der Waals surface area contributed by atoms with E-state index < -0.39 is 0 Å². The van der Waals surface area contributed by atoms with Gasteiger partial charge < -0.3 is 4.74 Å². The maximum absolute atomic E-state index is 11.9. The van der Waals surface area contributed by atoms with Gasteiger partial charge in [0.1, 0.15) is 11.5 Å². The zero-order chi connectivity index (χ0) is 13.0. The van der Waals surface area contributed by atoms with Gasteiger partial charge in [-0.3, -0.25) is 4.79 Å². The van der Waals surface area contributed by atoms with E-state index in [-0.39, 0.29) is 11.7 Å². The molecule has 0 fully saturated rings. The van der Waals surface area contributed by atoms with E-state index in [4.69, 9.17) is 4.74 Å². The number of benzene rings is 2. The van der Waals surface area contributed by atoms with Crippen LogP contribution in [-0.4, -0.2) is 12.9 Å². The second-order valence-electron chi connectivity index (χ2n) is 4.23. The van der Waals surface area contributed by atoms with Crippen LogP contribution < -0.4 is 4.74 Å². The Bertz CT molecular complexity index is 515. The highest BCUT2D eigenvalue weighted by molar-refractivity contribution is 5.86. The maximum Gasteiger partial charge on any atom is 0.141 e. The number of Topliss-reactive ketones (excluding diaryl/α,β-unsaturated/α-hetero) is 1. The van der Waals surface area contributed by atoms with Crippen molar-refractivity contribution in [3.05, 3.63) is 65.7 Å². The van der Waals surface area contributed by atoms with Crippen LogP contribution in [0.1, 0.15) is 24.0 Å². The summed E-state index contributed by atoms with van der Waals surface area (Å²) in [6.07, 6.45) is 0. The molecule has 0 radical (unpaired) electrons. The number of methoxy groups -OCH3 is 1. The number of hydrogen-bond acceptors (Lipinski definition) is 2. The quantitative estimate of drug-likeness (QED) is 0.818. The van der Waals surface area contributed by atoms with E-state index in [0.29, 0.717) is 0 Å². The molecular formula is C16H16O2. The summed E-state index contributed by atoms with van der Waals surface area (Å²) in [5, 5.41) is 0. The lowest BCUT2D eigenvalue weighted by Crippen LogP contribution is -2.10. The van der Waals surface area contributed by atoms with E-state index >= 15 is 0 Å². The fourth-order valence-electron chi connectivity index (χ4n) is 2.10. The van der Waals surface area contributed by atoms with Gasteiger partial charge in [0.15, 0.2) is 0 Å². The predicted octanol–water partition coefficient (Wildman–Crippen LogP) is 3.42. The Kier molecular flexibility index (Phi) is 3.78. The number of hydrogen-bond donors (Lipinski definition) is 0. The summed E-state index contributed by atoms with van der Waals surface area (Å²) < 4.78 is 5.13. The van der Waals surface area contributed by atoms with Crippen LogP contribution in [0.15, 0.2) is 54.6 Å². The molecule has 0 aromatic heterocycles. The monoisotopic (exact) mass is 240 g/mol. The summed E-state index contributed by atoms with van der Waals surface area (Å²) >= 11 is 0. The topological polar surface area (TPSA) is 26.3 Å². The lowest BCUT2D eigenvalue weighted by molar-refractivity contribution is -0.117. The van der Waals surface area contributed by atoms with E-state index in [1.165, 1.54) is 0 Å². The van der Waals surface area contributed by atoms with Gasteiger partial charge in [-0.15, -0.1) is 0 Å². The van der Waals surface area contributed by atoms with Crippen LogP contribution >= 0.6 is 0 Å². The molecule has 0 heterocycles. The molecule has 2 aromatic rings. The molecule has 0 saturated heterocycles.